The van der Waals surface area contributed by atoms with E-state index in [1.165, 1.54) is 30.2 Å². The third-order valence-corrected chi connectivity index (χ3v) is 4.04. The van der Waals surface area contributed by atoms with Crippen LogP contribution in [-0.4, -0.2) is 16.5 Å². The van der Waals surface area contributed by atoms with Crippen LogP contribution in [0, 0.1) is 11.6 Å². The van der Waals surface area contributed by atoms with Gasteiger partial charge in [-0.3, -0.25) is 0 Å². The van der Waals surface area contributed by atoms with Crippen LogP contribution in [0.5, 0.6) is 0 Å². The van der Waals surface area contributed by atoms with Gasteiger partial charge in [-0.05, 0) is 25.1 Å². The fraction of sp³-hybridized carbons (Fsp3) is 0.231. The number of hydrogen-bond acceptors (Lipinski definition) is 4. The zero-order chi connectivity index (χ0) is 13.2. The van der Waals surface area contributed by atoms with Gasteiger partial charge in [0.15, 0.2) is 0 Å². The second-order valence-electron chi connectivity index (χ2n) is 4.21. The first-order chi connectivity index (χ1) is 9.24. The molecule has 1 aromatic carbocycles. The molecule has 0 atom stereocenters. The van der Waals surface area contributed by atoms with Gasteiger partial charge in [0.25, 0.3) is 0 Å². The quantitative estimate of drug-likeness (QED) is 0.857. The Morgan fingerprint density at radius 2 is 2.11 bits per heavy atom. The molecule has 0 saturated carbocycles. The maximum absolute atomic E-state index is 13.7. The van der Waals surface area contributed by atoms with E-state index in [2.05, 4.69) is 15.3 Å². The fourth-order valence-electron chi connectivity index (χ4n) is 2.00. The predicted octanol–water partition coefficient (Wildman–Crippen LogP) is 2.55. The van der Waals surface area contributed by atoms with Crippen LogP contribution in [0.4, 0.5) is 8.78 Å². The summed E-state index contributed by atoms with van der Waals surface area (Å²) in [4.78, 5) is 8.81. The highest BCUT2D eigenvalue weighted by Crippen LogP contribution is 2.32. The van der Waals surface area contributed by atoms with Crippen LogP contribution in [0.25, 0.3) is 0 Å². The van der Waals surface area contributed by atoms with Gasteiger partial charge in [-0.2, -0.15) is 0 Å². The molecule has 0 fully saturated rings. The molecule has 3 rings (SSSR count). The third kappa shape index (κ3) is 2.59. The zero-order valence-corrected chi connectivity index (χ0v) is 10.8. The Kier molecular flexibility index (Phi) is 3.44. The maximum Gasteiger partial charge on any atom is 0.140 e. The summed E-state index contributed by atoms with van der Waals surface area (Å²) in [5.41, 5.74) is 2.00. The van der Waals surface area contributed by atoms with Gasteiger partial charge < -0.3 is 5.32 Å². The monoisotopic (exact) mass is 279 g/mol. The van der Waals surface area contributed by atoms with Gasteiger partial charge >= 0.3 is 0 Å². The first-order valence-corrected chi connectivity index (χ1v) is 6.72. The molecule has 0 saturated heterocycles. The average molecular weight is 279 g/mol. The van der Waals surface area contributed by atoms with E-state index < -0.39 is 11.6 Å². The summed E-state index contributed by atoms with van der Waals surface area (Å²) in [5.74, 6) is -1.14. The smallest absolute Gasteiger partial charge is 0.140 e. The van der Waals surface area contributed by atoms with Crippen molar-refractivity contribution < 1.29 is 8.78 Å². The van der Waals surface area contributed by atoms with Crippen LogP contribution in [0.2, 0.25) is 0 Å². The molecule has 98 valence electrons. The Bertz CT molecular complexity index is 619. The highest BCUT2D eigenvalue weighted by Gasteiger charge is 2.17. The van der Waals surface area contributed by atoms with Crippen molar-refractivity contribution in [1.29, 1.82) is 0 Å². The average Bonchev–Trinajstić information content (AvgIpc) is 2.42. The fourth-order valence-corrected chi connectivity index (χ4v) is 2.95. The molecule has 0 aliphatic carbocycles. The van der Waals surface area contributed by atoms with Crippen molar-refractivity contribution in [3.63, 3.8) is 0 Å². The molecule has 19 heavy (non-hydrogen) atoms. The number of benzene rings is 1. The van der Waals surface area contributed by atoms with Crippen LogP contribution in [-0.2, 0) is 13.0 Å². The Balaban J connectivity index is 1.95. The van der Waals surface area contributed by atoms with Crippen LogP contribution in [0.1, 0.15) is 11.3 Å². The molecule has 0 radical (unpaired) electrons. The Morgan fingerprint density at radius 3 is 2.95 bits per heavy atom. The summed E-state index contributed by atoms with van der Waals surface area (Å²) in [5, 5.41) is 3.97. The molecule has 0 unspecified atom stereocenters. The van der Waals surface area contributed by atoms with E-state index in [1.807, 2.05) is 0 Å². The van der Waals surface area contributed by atoms with E-state index in [0.717, 1.165) is 35.3 Å². The Morgan fingerprint density at radius 1 is 1.21 bits per heavy atom. The lowest BCUT2D eigenvalue weighted by atomic mass is 10.1. The molecule has 0 bridgehead atoms. The Labute approximate surface area is 113 Å². The number of halogens is 2. The Hall–Kier alpha value is -1.53. The summed E-state index contributed by atoms with van der Waals surface area (Å²) >= 11 is 1.22. The zero-order valence-electron chi connectivity index (χ0n) is 9.99. The minimum Gasteiger partial charge on any atom is -0.311 e. The second-order valence-corrected chi connectivity index (χ2v) is 5.24. The van der Waals surface area contributed by atoms with E-state index >= 15 is 0 Å². The minimum absolute atomic E-state index is 0.376. The molecular weight excluding hydrogens is 268 g/mol. The van der Waals surface area contributed by atoms with Gasteiger partial charge in [0.1, 0.15) is 23.0 Å². The second kappa shape index (κ2) is 5.22. The predicted molar refractivity (Wildman–Crippen MR) is 67.9 cm³/mol. The van der Waals surface area contributed by atoms with Crippen LogP contribution >= 0.6 is 11.8 Å². The van der Waals surface area contributed by atoms with E-state index in [4.69, 9.17) is 0 Å². The van der Waals surface area contributed by atoms with E-state index in [9.17, 15) is 8.78 Å². The molecule has 0 spiro atoms. The van der Waals surface area contributed by atoms with E-state index in [1.54, 1.807) is 0 Å². The maximum atomic E-state index is 13.7. The van der Waals surface area contributed by atoms with Crippen molar-refractivity contribution in [3.05, 3.63) is 47.4 Å². The molecule has 6 heteroatoms. The number of hydrogen-bond donors (Lipinski definition) is 1. The largest absolute Gasteiger partial charge is 0.311 e. The summed E-state index contributed by atoms with van der Waals surface area (Å²) in [6.07, 6.45) is 2.30. The standard InChI is InChI=1S/C13H11F2N3S/c14-8-1-2-12(10(15)5-8)19-13-9-3-4-16-6-11(9)17-7-18-13/h1-2,5,7,16H,3-4,6H2. The van der Waals surface area contributed by atoms with Crippen LogP contribution in [0.15, 0.2) is 34.4 Å². The minimum atomic E-state index is -0.573. The number of nitrogens with zero attached hydrogens (tertiary/aromatic N) is 2. The van der Waals surface area contributed by atoms with E-state index in [-0.39, 0.29) is 0 Å². The third-order valence-electron chi connectivity index (χ3n) is 2.94. The van der Waals surface area contributed by atoms with Crippen molar-refractivity contribution in [2.75, 3.05) is 6.54 Å². The lowest BCUT2D eigenvalue weighted by Gasteiger charge is -2.17. The number of aromatic nitrogens is 2. The van der Waals surface area contributed by atoms with Crippen molar-refractivity contribution in [1.82, 2.24) is 15.3 Å². The van der Waals surface area contributed by atoms with Gasteiger partial charge in [-0.15, -0.1) is 0 Å². The highest BCUT2D eigenvalue weighted by molar-refractivity contribution is 7.99. The summed E-state index contributed by atoms with van der Waals surface area (Å²) in [7, 11) is 0. The molecule has 1 aliphatic rings. The lowest BCUT2D eigenvalue weighted by molar-refractivity contribution is 0.565. The van der Waals surface area contributed by atoms with Crippen LogP contribution in [0.3, 0.4) is 0 Å². The van der Waals surface area contributed by atoms with Gasteiger partial charge in [0.05, 0.1) is 5.69 Å². The normalized spacial score (nSPS) is 14.2. The summed E-state index contributed by atoms with van der Waals surface area (Å²) in [6.45, 7) is 1.57. The van der Waals surface area contributed by atoms with Gasteiger partial charge in [-0.1, -0.05) is 11.8 Å². The highest BCUT2D eigenvalue weighted by atomic mass is 32.2. The molecule has 1 aromatic heterocycles. The molecule has 2 aromatic rings. The first kappa shape index (κ1) is 12.5. The molecule has 3 nitrogen and oxygen atoms in total. The van der Waals surface area contributed by atoms with Gasteiger partial charge in [-0.25, -0.2) is 18.7 Å². The van der Waals surface area contributed by atoms with Gasteiger partial charge in [0, 0.05) is 23.1 Å². The molecule has 1 aliphatic heterocycles. The van der Waals surface area contributed by atoms with Crippen LogP contribution < -0.4 is 5.32 Å². The molecule has 1 N–H and O–H groups in total. The summed E-state index contributed by atoms with van der Waals surface area (Å²) in [6, 6.07) is 3.57. The molecule has 0 amide bonds. The van der Waals surface area contributed by atoms with Crippen molar-refractivity contribution in [2.45, 2.75) is 22.9 Å². The SMILES string of the molecule is Fc1ccc(Sc2ncnc3c2CCNC3)c(F)c1. The number of fused-ring (bicyclic) bond motifs is 1. The first-order valence-electron chi connectivity index (χ1n) is 5.90. The summed E-state index contributed by atoms with van der Waals surface area (Å²) < 4.78 is 26.5. The molecule has 2 heterocycles. The number of nitrogens with one attached hydrogen (secondary N) is 1. The van der Waals surface area contributed by atoms with Crippen molar-refractivity contribution in [3.8, 4) is 0 Å². The molecular formula is C13H11F2N3S. The van der Waals surface area contributed by atoms with E-state index in [0.29, 0.717) is 11.4 Å². The lowest BCUT2D eigenvalue weighted by Crippen LogP contribution is -2.25. The van der Waals surface area contributed by atoms with Crippen molar-refractivity contribution >= 4 is 11.8 Å². The number of rotatable bonds is 2. The van der Waals surface area contributed by atoms with Gasteiger partial charge in [0.2, 0.25) is 0 Å². The van der Waals surface area contributed by atoms with Crippen molar-refractivity contribution in [2.24, 2.45) is 0 Å². The topological polar surface area (TPSA) is 37.8 Å².